The van der Waals surface area contributed by atoms with E-state index in [0.717, 1.165) is 5.76 Å². The van der Waals surface area contributed by atoms with E-state index in [1.54, 1.807) is 24.3 Å². The Morgan fingerprint density at radius 2 is 1.63 bits per heavy atom. The summed E-state index contributed by atoms with van der Waals surface area (Å²) in [5, 5.41) is 17.0. The van der Waals surface area contributed by atoms with Gasteiger partial charge < -0.3 is 9.73 Å². The summed E-state index contributed by atoms with van der Waals surface area (Å²) in [6, 6.07) is 24.9. The molecule has 0 fully saturated rings. The first-order valence-electron chi connectivity index (χ1n) is 8.71. The fourth-order valence-corrected chi connectivity index (χ4v) is 3.14. The van der Waals surface area contributed by atoms with E-state index >= 15 is 0 Å². The first kappa shape index (κ1) is 17.0. The molecule has 0 saturated carbocycles. The highest BCUT2D eigenvalue weighted by molar-refractivity contribution is 5.83. The van der Waals surface area contributed by atoms with Crippen molar-refractivity contribution < 1.29 is 9.34 Å². The van der Waals surface area contributed by atoms with Crippen LogP contribution in [-0.2, 0) is 13.1 Å². The molecule has 3 aromatic carbocycles. The summed E-state index contributed by atoms with van der Waals surface area (Å²) < 4.78 is 5.80. The average molecular weight is 358 g/mol. The fraction of sp³-hybridized carbons (Fsp3) is 0.0909. The lowest BCUT2D eigenvalue weighted by Crippen LogP contribution is -2.11. The van der Waals surface area contributed by atoms with Gasteiger partial charge in [0.2, 0.25) is 0 Å². The third kappa shape index (κ3) is 3.73. The quantitative estimate of drug-likeness (QED) is 0.375. The summed E-state index contributed by atoms with van der Waals surface area (Å²) in [4.78, 5) is 10.8. The first-order valence-corrected chi connectivity index (χ1v) is 8.71. The molecule has 0 unspecified atom stereocenters. The summed E-state index contributed by atoms with van der Waals surface area (Å²) in [5.41, 5.74) is 1.73. The van der Waals surface area contributed by atoms with E-state index in [0.29, 0.717) is 24.4 Å². The summed E-state index contributed by atoms with van der Waals surface area (Å²) in [5.74, 6) is 1.24. The molecule has 0 aliphatic heterocycles. The molecule has 5 nitrogen and oxygen atoms in total. The maximum Gasteiger partial charge on any atom is 0.280 e. The molecule has 134 valence electrons. The zero-order chi connectivity index (χ0) is 18.6. The number of nitrogens with one attached hydrogen (secondary N) is 1. The molecular weight excluding hydrogens is 340 g/mol. The van der Waals surface area contributed by atoms with E-state index in [-0.39, 0.29) is 5.69 Å². The Morgan fingerprint density at radius 1 is 0.852 bits per heavy atom. The number of fused-ring (bicyclic) bond motifs is 1. The molecule has 27 heavy (non-hydrogen) atoms. The van der Waals surface area contributed by atoms with Crippen LogP contribution >= 0.6 is 0 Å². The van der Waals surface area contributed by atoms with Crippen LogP contribution in [0.1, 0.15) is 11.3 Å². The molecule has 0 saturated heterocycles. The number of nitro benzene ring substituents is 1. The molecule has 0 spiro atoms. The second-order valence-corrected chi connectivity index (χ2v) is 6.33. The number of para-hydroxylation sites is 1. The number of nitro groups is 1. The molecular formula is C22H18N2O3. The van der Waals surface area contributed by atoms with Gasteiger partial charge in [-0.15, -0.1) is 0 Å². The molecule has 1 aromatic heterocycles. The third-order valence-electron chi connectivity index (χ3n) is 4.47. The van der Waals surface area contributed by atoms with E-state index in [1.807, 2.05) is 18.2 Å². The molecule has 5 heteroatoms. The maximum atomic E-state index is 11.2. The maximum absolute atomic E-state index is 11.2. The smallest absolute Gasteiger partial charge is 0.280 e. The van der Waals surface area contributed by atoms with Gasteiger partial charge in [0, 0.05) is 12.6 Å². The zero-order valence-corrected chi connectivity index (χ0v) is 14.6. The van der Waals surface area contributed by atoms with Crippen molar-refractivity contribution in [3.63, 3.8) is 0 Å². The van der Waals surface area contributed by atoms with Crippen LogP contribution in [-0.4, -0.2) is 4.92 Å². The predicted octanol–water partition coefficient (Wildman–Crippen LogP) is 5.30. The molecule has 0 radical (unpaired) electrons. The average Bonchev–Trinajstić information content (AvgIpc) is 3.16. The van der Waals surface area contributed by atoms with Crippen molar-refractivity contribution in [1.29, 1.82) is 0 Å². The van der Waals surface area contributed by atoms with Crippen LogP contribution in [0.4, 0.5) is 5.69 Å². The van der Waals surface area contributed by atoms with Gasteiger partial charge in [-0.05, 0) is 40.6 Å². The van der Waals surface area contributed by atoms with Gasteiger partial charge in [-0.2, -0.15) is 0 Å². The third-order valence-corrected chi connectivity index (χ3v) is 4.47. The van der Waals surface area contributed by atoms with Crippen molar-refractivity contribution in [2.75, 3.05) is 0 Å². The summed E-state index contributed by atoms with van der Waals surface area (Å²) in [6.45, 7) is 1.26. The predicted molar refractivity (Wildman–Crippen MR) is 105 cm³/mol. The Bertz CT molecular complexity index is 1100. The normalized spacial score (nSPS) is 11.0. The number of nitrogens with zero attached hydrogens (tertiary/aromatic N) is 1. The van der Waals surface area contributed by atoms with Crippen LogP contribution in [0.2, 0.25) is 0 Å². The SMILES string of the molecule is O=[N+]([O-])c1ccccc1-c1ccc(CNCc2ccc3ccccc3c2)o1. The van der Waals surface area contributed by atoms with Gasteiger partial charge in [-0.3, -0.25) is 10.1 Å². The highest BCUT2D eigenvalue weighted by Crippen LogP contribution is 2.30. The van der Waals surface area contributed by atoms with Gasteiger partial charge >= 0.3 is 0 Å². The van der Waals surface area contributed by atoms with E-state index in [4.69, 9.17) is 4.42 Å². The van der Waals surface area contributed by atoms with Crippen molar-refractivity contribution in [2.45, 2.75) is 13.1 Å². The molecule has 1 N–H and O–H groups in total. The van der Waals surface area contributed by atoms with E-state index < -0.39 is 4.92 Å². The Balaban J connectivity index is 1.43. The molecule has 4 rings (SSSR count). The van der Waals surface area contributed by atoms with Gasteiger partial charge in [0.25, 0.3) is 5.69 Å². The van der Waals surface area contributed by atoms with Crippen molar-refractivity contribution in [1.82, 2.24) is 5.32 Å². The van der Waals surface area contributed by atoms with E-state index in [9.17, 15) is 10.1 Å². The van der Waals surface area contributed by atoms with E-state index in [2.05, 4.69) is 35.6 Å². The molecule has 0 aliphatic rings. The number of hydrogen-bond donors (Lipinski definition) is 1. The van der Waals surface area contributed by atoms with Gasteiger partial charge in [0.05, 0.1) is 17.0 Å². The minimum Gasteiger partial charge on any atom is -0.459 e. The summed E-state index contributed by atoms with van der Waals surface area (Å²) in [6.07, 6.45) is 0. The Kier molecular flexibility index (Phi) is 4.68. The van der Waals surface area contributed by atoms with Crippen molar-refractivity contribution in [3.05, 3.63) is 100 Å². The lowest BCUT2D eigenvalue weighted by Gasteiger charge is -2.05. The number of rotatable bonds is 6. The van der Waals surface area contributed by atoms with Crippen LogP contribution in [0.5, 0.6) is 0 Å². The van der Waals surface area contributed by atoms with Crippen LogP contribution in [0.25, 0.3) is 22.1 Å². The van der Waals surface area contributed by atoms with Gasteiger partial charge in [0.1, 0.15) is 11.5 Å². The summed E-state index contributed by atoms with van der Waals surface area (Å²) in [7, 11) is 0. The van der Waals surface area contributed by atoms with Crippen LogP contribution in [0, 0.1) is 10.1 Å². The molecule has 0 bridgehead atoms. The van der Waals surface area contributed by atoms with Crippen LogP contribution in [0.3, 0.4) is 0 Å². The number of benzene rings is 3. The molecule has 0 aliphatic carbocycles. The zero-order valence-electron chi connectivity index (χ0n) is 14.6. The van der Waals surface area contributed by atoms with Gasteiger partial charge in [-0.1, -0.05) is 48.5 Å². The van der Waals surface area contributed by atoms with Gasteiger partial charge in [0.15, 0.2) is 0 Å². The van der Waals surface area contributed by atoms with E-state index in [1.165, 1.54) is 22.4 Å². The second kappa shape index (κ2) is 7.43. The Labute approximate surface area is 156 Å². The lowest BCUT2D eigenvalue weighted by atomic mass is 10.1. The number of furan rings is 1. The minimum absolute atomic E-state index is 0.0440. The topological polar surface area (TPSA) is 68.3 Å². The van der Waals surface area contributed by atoms with Crippen molar-refractivity contribution in [3.8, 4) is 11.3 Å². The summed E-state index contributed by atoms with van der Waals surface area (Å²) >= 11 is 0. The Morgan fingerprint density at radius 3 is 2.48 bits per heavy atom. The monoisotopic (exact) mass is 358 g/mol. The minimum atomic E-state index is -0.393. The largest absolute Gasteiger partial charge is 0.459 e. The fourth-order valence-electron chi connectivity index (χ4n) is 3.14. The molecule has 1 heterocycles. The number of hydrogen-bond acceptors (Lipinski definition) is 4. The molecule has 4 aromatic rings. The first-order chi connectivity index (χ1) is 13.2. The van der Waals surface area contributed by atoms with Gasteiger partial charge in [-0.25, -0.2) is 0 Å². The highest BCUT2D eigenvalue weighted by Gasteiger charge is 2.17. The van der Waals surface area contributed by atoms with Crippen LogP contribution in [0.15, 0.2) is 83.3 Å². The van der Waals surface area contributed by atoms with Crippen LogP contribution < -0.4 is 5.32 Å². The second-order valence-electron chi connectivity index (χ2n) is 6.33. The molecule has 0 amide bonds. The van der Waals surface area contributed by atoms with Crippen molar-refractivity contribution in [2.24, 2.45) is 0 Å². The molecule has 0 atom stereocenters. The standard InChI is InChI=1S/C22H18N2O3/c25-24(26)21-8-4-3-7-20(21)22-12-11-19(27-22)15-23-14-16-9-10-17-5-1-2-6-18(17)13-16/h1-13,23H,14-15H2. The highest BCUT2D eigenvalue weighted by atomic mass is 16.6. The Hall–Kier alpha value is -3.44. The van der Waals surface area contributed by atoms with Crippen molar-refractivity contribution >= 4 is 16.5 Å². The lowest BCUT2D eigenvalue weighted by molar-refractivity contribution is -0.384.